The summed E-state index contributed by atoms with van der Waals surface area (Å²) in [5.41, 5.74) is 5.89. The van der Waals surface area contributed by atoms with Crippen molar-refractivity contribution in [1.82, 2.24) is 15.4 Å². The summed E-state index contributed by atoms with van der Waals surface area (Å²) >= 11 is 0. The summed E-state index contributed by atoms with van der Waals surface area (Å²) in [5.74, 6) is 0.491. The first-order valence-electron chi connectivity index (χ1n) is 7.09. The quantitative estimate of drug-likeness (QED) is 0.574. The predicted octanol–water partition coefficient (Wildman–Crippen LogP) is 2.64. The molecule has 0 spiro atoms. The van der Waals surface area contributed by atoms with Gasteiger partial charge in [0, 0.05) is 40.1 Å². The van der Waals surface area contributed by atoms with Crippen LogP contribution in [0.5, 0.6) is 5.75 Å². The standard InChI is InChI=1S/C17H16N4O2/c1-11-15(14-9-13(23-2)3-4-16(14)20-11)10-19-21-17(22)12-5-7-18-8-6-12/h3-10,20H,1-2H3,(H,21,22). The summed E-state index contributed by atoms with van der Waals surface area (Å²) in [6, 6.07) is 9.04. The zero-order valence-corrected chi connectivity index (χ0v) is 12.8. The molecule has 2 N–H and O–H groups in total. The number of fused-ring (bicyclic) bond motifs is 1. The molecule has 1 aromatic carbocycles. The molecule has 0 atom stereocenters. The number of aromatic amines is 1. The van der Waals surface area contributed by atoms with Crippen molar-refractivity contribution >= 4 is 23.0 Å². The van der Waals surface area contributed by atoms with Crippen molar-refractivity contribution in [2.75, 3.05) is 7.11 Å². The number of hydrazone groups is 1. The van der Waals surface area contributed by atoms with E-state index >= 15 is 0 Å². The average molecular weight is 308 g/mol. The molecule has 0 saturated carbocycles. The Labute approximate surface area is 133 Å². The molecule has 1 amide bonds. The molecule has 6 nitrogen and oxygen atoms in total. The minimum Gasteiger partial charge on any atom is -0.497 e. The van der Waals surface area contributed by atoms with Gasteiger partial charge < -0.3 is 9.72 Å². The number of benzene rings is 1. The maximum atomic E-state index is 11.9. The number of amides is 1. The van der Waals surface area contributed by atoms with Crippen molar-refractivity contribution in [3.63, 3.8) is 0 Å². The highest BCUT2D eigenvalue weighted by Crippen LogP contribution is 2.25. The van der Waals surface area contributed by atoms with Gasteiger partial charge in [0.2, 0.25) is 0 Å². The van der Waals surface area contributed by atoms with Crippen LogP contribution in [0, 0.1) is 6.92 Å². The van der Waals surface area contributed by atoms with E-state index in [1.165, 1.54) is 0 Å². The molecule has 2 heterocycles. The van der Waals surface area contributed by atoms with Crippen molar-refractivity contribution in [3.05, 3.63) is 59.5 Å². The van der Waals surface area contributed by atoms with Crippen LogP contribution in [0.1, 0.15) is 21.6 Å². The lowest BCUT2D eigenvalue weighted by Gasteiger charge is -2.00. The Hall–Kier alpha value is -3.15. The molecular formula is C17H16N4O2. The highest BCUT2D eigenvalue weighted by atomic mass is 16.5. The summed E-state index contributed by atoms with van der Waals surface area (Å²) in [6.45, 7) is 1.96. The van der Waals surface area contributed by atoms with E-state index in [1.807, 2.05) is 25.1 Å². The maximum Gasteiger partial charge on any atom is 0.271 e. The Morgan fingerprint density at radius 2 is 2.09 bits per heavy atom. The number of aromatic nitrogens is 2. The molecule has 0 aliphatic rings. The monoisotopic (exact) mass is 308 g/mol. The largest absolute Gasteiger partial charge is 0.497 e. The highest BCUT2D eigenvalue weighted by molar-refractivity contribution is 6.02. The number of carbonyl (C=O) groups excluding carboxylic acids is 1. The van der Waals surface area contributed by atoms with Gasteiger partial charge in [-0.15, -0.1) is 0 Å². The smallest absolute Gasteiger partial charge is 0.271 e. The van der Waals surface area contributed by atoms with Crippen LogP contribution in [-0.2, 0) is 0 Å². The summed E-state index contributed by atoms with van der Waals surface area (Å²) in [5, 5.41) is 5.04. The number of hydrogen-bond donors (Lipinski definition) is 2. The van der Waals surface area contributed by atoms with Gasteiger partial charge >= 0.3 is 0 Å². The van der Waals surface area contributed by atoms with Gasteiger partial charge in [-0.2, -0.15) is 5.10 Å². The number of pyridine rings is 1. The second-order valence-electron chi connectivity index (χ2n) is 5.01. The molecule has 3 rings (SSSR count). The van der Waals surface area contributed by atoms with Crippen LogP contribution in [0.4, 0.5) is 0 Å². The van der Waals surface area contributed by atoms with Crippen LogP contribution < -0.4 is 10.2 Å². The molecule has 116 valence electrons. The first-order valence-corrected chi connectivity index (χ1v) is 7.09. The van der Waals surface area contributed by atoms with Crippen LogP contribution in [0.2, 0.25) is 0 Å². The molecule has 23 heavy (non-hydrogen) atoms. The number of H-pyrrole nitrogens is 1. The summed E-state index contributed by atoms with van der Waals surface area (Å²) < 4.78 is 5.25. The third kappa shape index (κ3) is 3.06. The topological polar surface area (TPSA) is 79.4 Å². The molecule has 0 bridgehead atoms. The van der Waals surface area contributed by atoms with Crippen LogP contribution >= 0.6 is 0 Å². The molecule has 6 heteroatoms. The van der Waals surface area contributed by atoms with E-state index in [2.05, 4.69) is 20.5 Å². The summed E-state index contributed by atoms with van der Waals surface area (Å²) in [7, 11) is 1.63. The zero-order chi connectivity index (χ0) is 16.2. The minimum absolute atomic E-state index is 0.279. The number of carbonyl (C=O) groups is 1. The Kier molecular flexibility index (Phi) is 4.05. The number of rotatable bonds is 4. The van der Waals surface area contributed by atoms with Crippen LogP contribution in [-0.4, -0.2) is 29.2 Å². The lowest BCUT2D eigenvalue weighted by atomic mass is 10.1. The van der Waals surface area contributed by atoms with E-state index in [9.17, 15) is 4.79 Å². The van der Waals surface area contributed by atoms with E-state index < -0.39 is 0 Å². The summed E-state index contributed by atoms with van der Waals surface area (Å²) in [4.78, 5) is 19.1. The van der Waals surface area contributed by atoms with E-state index in [-0.39, 0.29) is 5.91 Å². The molecule has 3 aromatic rings. The third-order valence-electron chi connectivity index (χ3n) is 3.55. The van der Waals surface area contributed by atoms with Crippen molar-refractivity contribution in [2.24, 2.45) is 5.10 Å². The van der Waals surface area contributed by atoms with Crippen molar-refractivity contribution in [3.8, 4) is 5.75 Å². The third-order valence-corrected chi connectivity index (χ3v) is 3.55. The van der Waals surface area contributed by atoms with E-state index in [4.69, 9.17) is 4.74 Å². The second-order valence-corrected chi connectivity index (χ2v) is 5.01. The number of methoxy groups -OCH3 is 1. The molecule has 0 unspecified atom stereocenters. The Morgan fingerprint density at radius 1 is 1.30 bits per heavy atom. The lowest BCUT2D eigenvalue weighted by Crippen LogP contribution is -2.17. The van der Waals surface area contributed by atoms with Gasteiger partial charge in [-0.3, -0.25) is 9.78 Å². The van der Waals surface area contributed by atoms with Gasteiger partial charge in [0.05, 0.1) is 13.3 Å². The van der Waals surface area contributed by atoms with Crippen LogP contribution in [0.25, 0.3) is 10.9 Å². The lowest BCUT2D eigenvalue weighted by molar-refractivity contribution is 0.0955. The number of nitrogens with one attached hydrogen (secondary N) is 2. The fourth-order valence-corrected chi connectivity index (χ4v) is 2.34. The predicted molar refractivity (Wildman–Crippen MR) is 88.9 cm³/mol. The Morgan fingerprint density at radius 3 is 2.83 bits per heavy atom. The number of ether oxygens (including phenoxy) is 1. The van der Waals surface area contributed by atoms with Crippen LogP contribution in [0.15, 0.2) is 47.8 Å². The molecule has 0 aliphatic carbocycles. The molecule has 0 aliphatic heterocycles. The van der Waals surface area contributed by atoms with E-state index in [0.717, 1.165) is 27.9 Å². The first-order chi connectivity index (χ1) is 11.2. The maximum absolute atomic E-state index is 11.9. The molecule has 0 radical (unpaired) electrons. The molecular weight excluding hydrogens is 292 g/mol. The van der Waals surface area contributed by atoms with Crippen molar-refractivity contribution in [1.29, 1.82) is 0 Å². The summed E-state index contributed by atoms with van der Waals surface area (Å²) in [6.07, 6.45) is 4.76. The fraction of sp³-hybridized carbons (Fsp3) is 0.118. The number of aryl methyl sites for hydroxylation is 1. The highest BCUT2D eigenvalue weighted by Gasteiger charge is 2.08. The van der Waals surface area contributed by atoms with E-state index in [1.54, 1.807) is 37.9 Å². The normalized spacial score (nSPS) is 11.0. The van der Waals surface area contributed by atoms with E-state index in [0.29, 0.717) is 5.56 Å². The van der Waals surface area contributed by atoms with Crippen LogP contribution in [0.3, 0.4) is 0 Å². The molecule has 0 saturated heterocycles. The Balaban J connectivity index is 1.83. The number of hydrogen-bond acceptors (Lipinski definition) is 4. The fourth-order valence-electron chi connectivity index (χ4n) is 2.34. The first kappa shape index (κ1) is 14.8. The van der Waals surface area contributed by atoms with Gasteiger partial charge in [-0.05, 0) is 37.3 Å². The molecule has 0 fully saturated rings. The van der Waals surface area contributed by atoms with Gasteiger partial charge in [0.1, 0.15) is 5.75 Å². The van der Waals surface area contributed by atoms with Gasteiger partial charge in [0.25, 0.3) is 5.91 Å². The van der Waals surface area contributed by atoms with Gasteiger partial charge in [-0.25, -0.2) is 5.43 Å². The van der Waals surface area contributed by atoms with Crippen molar-refractivity contribution < 1.29 is 9.53 Å². The zero-order valence-electron chi connectivity index (χ0n) is 12.8. The number of nitrogens with zero attached hydrogens (tertiary/aromatic N) is 2. The second kappa shape index (κ2) is 6.31. The average Bonchev–Trinajstić information content (AvgIpc) is 2.90. The minimum atomic E-state index is -0.279. The molecule has 2 aromatic heterocycles. The van der Waals surface area contributed by atoms with Crippen molar-refractivity contribution in [2.45, 2.75) is 6.92 Å². The Bertz CT molecular complexity index is 869. The van der Waals surface area contributed by atoms with Gasteiger partial charge in [0.15, 0.2) is 0 Å². The van der Waals surface area contributed by atoms with Gasteiger partial charge in [-0.1, -0.05) is 0 Å². The SMILES string of the molecule is COc1ccc2[nH]c(C)c(C=NNC(=O)c3ccncc3)c2c1.